The van der Waals surface area contributed by atoms with E-state index in [1.807, 2.05) is 26.0 Å². The van der Waals surface area contributed by atoms with Crippen LogP contribution in [0.2, 0.25) is 0 Å². The number of nitrogens with zero attached hydrogens (tertiary/aromatic N) is 4. The molecule has 1 fully saturated rings. The van der Waals surface area contributed by atoms with Gasteiger partial charge in [-0.2, -0.15) is 18.6 Å². The number of hydrogen-bond donors (Lipinski definition) is 4. The third kappa shape index (κ3) is 8.46. The number of carbonyl (C=O) groups excluding carboxylic acids is 2. The number of amides is 2. The first kappa shape index (κ1) is 32.4. The van der Waals surface area contributed by atoms with Crippen molar-refractivity contribution in [3.8, 4) is 11.3 Å². The number of allylic oxidation sites excluding steroid dienone is 2. The van der Waals surface area contributed by atoms with Crippen molar-refractivity contribution in [3.05, 3.63) is 73.0 Å². The molecule has 4 rings (SSSR count). The zero-order valence-corrected chi connectivity index (χ0v) is 25.0. The monoisotopic (exact) mass is 597 g/mol. The first-order valence-electron chi connectivity index (χ1n) is 13.8. The van der Waals surface area contributed by atoms with Crippen molar-refractivity contribution in [2.24, 2.45) is 5.92 Å². The van der Waals surface area contributed by atoms with Crippen LogP contribution in [-0.4, -0.2) is 61.5 Å². The van der Waals surface area contributed by atoms with E-state index >= 15 is 0 Å². The summed E-state index contributed by atoms with van der Waals surface area (Å²) >= 11 is 0. The Bertz CT molecular complexity index is 1460. The normalized spacial score (nSPS) is 14.4. The largest absolute Gasteiger partial charge is 0.339 e. The second kappa shape index (κ2) is 14.7. The highest BCUT2D eigenvalue weighted by Gasteiger charge is 2.32. The molecule has 1 aliphatic rings. The molecule has 0 radical (unpaired) electrons. The fourth-order valence-electron chi connectivity index (χ4n) is 4.87. The van der Waals surface area contributed by atoms with E-state index < -0.39 is 16.2 Å². The molecule has 3 aromatic heterocycles. The molecule has 0 unspecified atom stereocenters. The van der Waals surface area contributed by atoms with Gasteiger partial charge < -0.3 is 10.6 Å². The van der Waals surface area contributed by atoms with Gasteiger partial charge in [-0.1, -0.05) is 31.4 Å². The van der Waals surface area contributed by atoms with Crippen LogP contribution in [0.4, 0.5) is 5.69 Å². The fourth-order valence-corrected chi connectivity index (χ4v) is 4.87. The highest BCUT2D eigenvalue weighted by Crippen LogP contribution is 2.28. The molecule has 0 bridgehead atoms. The smallest absolute Gasteiger partial charge is 0.270 e. The number of rotatable bonds is 10. The molecule has 3 heterocycles. The minimum Gasteiger partial charge on any atom is -0.339 e. The lowest BCUT2D eigenvalue weighted by atomic mass is 9.83. The van der Waals surface area contributed by atoms with E-state index in [1.54, 1.807) is 35.3 Å². The lowest BCUT2D eigenvalue weighted by Crippen LogP contribution is -2.49. The summed E-state index contributed by atoms with van der Waals surface area (Å²) in [6.45, 7) is 12.8. The van der Waals surface area contributed by atoms with Crippen molar-refractivity contribution in [1.82, 2.24) is 30.3 Å². The highest BCUT2D eigenvalue weighted by molar-refractivity contribution is 7.85. The molecule has 2 amide bonds. The van der Waals surface area contributed by atoms with Crippen LogP contribution in [0.1, 0.15) is 66.9 Å². The van der Waals surface area contributed by atoms with Crippen LogP contribution in [0.3, 0.4) is 0 Å². The van der Waals surface area contributed by atoms with Crippen molar-refractivity contribution in [2.75, 3.05) is 11.1 Å². The lowest BCUT2D eigenvalue weighted by Gasteiger charge is -2.30. The standard InChI is InChI=1S/C27H33N7O2.C2H6O3S/c1-5-21(6-2)34-23(14-15-29-34)26(35)31-25(19-10-8-7-9-11-19)27(36)30-20-12-13-22(28-16-20)24-17(3)32-33-18(24)4;1-2-6(3,4)5/h5-6,12-16,19,21,25H,1-2,7-11H2,3-4H3,(H,30,36)(H,31,35)(H,32,33);2H2,1H3,(H,3,4,5)/t25-;/m0./s1. The number of H-pyrrole nitrogens is 1. The summed E-state index contributed by atoms with van der Waals surface area (Å²) < 4.78 is 28.5. The average Bonchev–Trinajstić information content (AvgIpc) is 3.59. The number of aryl methyl sites for hydroxylation is 2. The second-order valence-corrected chi connectivity index (χ2v) is 11.8. The molecule has 4 N–H and O–H groups in total. The molecule has 12 nitrogen and oxygen atoms in total. The van der Waals surface area contributed by atoms with Crippen molar-refractivity contribution in [2.45, 2.75) is 65.0 Å². The van der Waals surface area contributed by atoms with Gasteiger partial charge in [0.25, 0.3) is 16.0 Å². The van der Waals surface area contributed by atoms with E-state index in [9.17, 15) is 18.0 Å². The number of anilines is 1. The summed E-state index contributed by atoms with van der Waals surface area (Å²) in [4.78, 5) is 31.2. The summed E-state index contributed by atoms with van der Waals surface area (Å²) in [6.07, 6.45) is 11.5. The minimum atomic E-state index is -3.66. The number of carbonyl (C=O) groups is 2. The number of nitrogens with one attached hydrogen (secondary N) is 3. The van der Waals surface area contributed by atoms with Crippen LogP contribution in [0.5, 0.6) is 0 Å². The Kier molecular flexibility index (Phi) is 11.3. The van der Waals surface area contributed by atoms with Gasteiger partial charge in [-0.15, -0.1) is 13.2 Å². The van der Waals surface area contributed by atoms with E-state index in [1.165, 1.54) is 6.92 Å². The Balaban J connectivity index is 0.000000730. The summed E-state index contributed by atoms with van der Waals surface area (Å²) in [5, 5.41) is 17.4. The Morgan fingerprint density at radius 3 is 2.36 bits per heavy atom. The first-order chi connectivity index (χ1) is 20.0. The van der Waals surface area contributed by atoms with Gasteiger partial charge in [-0.3, -0.25) is 24.2 Å². The molecule has 1 aliphatic carbocycles. The Morgan fingerprint density at radius 2 is 1.83 bits per heavy atom. The fraction of sp³-hybridized carbons (Fsp3) is 0.414. The molecule has 0 spiro atoms. The van der Waals surface area contributed by atoms with Gasteiger partial charge in [0.2, 0.25) is 5.91 Å². The lowest BCUT2D eigenvalue weighted by molar-refractivity contribution is -0.119. The van der Waals surface area contributed by atoms with Gasteiger partial charge in [0.05, 0.1) is 35.1 Å². The Hall–Kier alpha value is -4.10. The van der Waals surface area contributed by atoms with Crippen LogP contribution in [-0.2, 0) is 14.9 Å². The van der Waals surface area contributed by atoms with Crippen molar-refractivity contribution in [1.29, 1.82) is 0 Å². The van der Waals surface area contributed by atoms with Crippen LogP contribution < -0.4 is 10.6 Å². The molecule has 226 valence electrons. The summed E-state index contributed by atoms with van der Waals surface area (Å²) in [5.41, 5.74) is 4.46. The van der Waals surface area contributed by atoms with Crippen molar-refractivity contribution in [3.63, 3.8) is 0 Å². The third-order valence-corrected chi connectivity index (χ3v) is 7.87. The zero-order valence-electron chi connectivity index (χ0n) is 24.2. The SMILES string of the molecule is C=CC(C=C)n1nccc1C(=O)N[C@H](C(=O)Nc1ccc(-c2c(C)n[nH]c2C)nc1)C1CCCCC1.CCS(=O)(=O)O. The average molecular weight is 598 g/mol. The molecule has 0 saturated heterocycles. The van der Waals surface area contributed by atoms with E-state index in [2.05, 4.69) is 44.1 Å². The predicted octanol–water partition coefficient (Wildman–Crippen LogP) is 4.41. The summed E-state index contributed by atoms with van der Waals surface area (Å²) in [7, 11) is -3.66. The van der Waals surface area contributed by atoms with Gasteiger partial charge in [0.15, 0.2) is 0 Å². The van der Waals surface area contributed by atoms with Gasteiger partial charge in [-0.25, -0.2) is 4.68 Å². The van der Waals surface area contributed by atoms with Gasteiger partial charge in [-0.05, 0) is 57.7 Å². The molecule has 3 aromatic rings. The Labute approximate surface area is 246 Å². The maximum absolute atomic E-state index is 13.4. The van der Waals surface area contributed by atoms with Gasteiger partial charge >= 0.3 is 0 Å². The predicted molar refractivity (Wildman–Crippen MR) is 161 cm³/mol. The topological polar surface area (TPSA) is 172 Å². The quantitative estimate of drug-likeness (QED) is 0.197. The van der Waals surface area contributed by atoms with Gasteiger partial charge in [0, 0.05) is 17.5 Å². The number of aromatic nitrogens is 5. The number of aromatic amines is 1. The Morgan fingerprint density at radius 1 is 1.17 bits per heavy atom. The molecule has 0 aromatic carbocycles. The van der Waals surface area contributed by atoms with Crippen molar-refractivity contribution >= 4 is 27.6 Å². The molecule has 1 atom stereocenters. The highest BCUT2D eigenvalue weighted by atomic mass is 32.2. The first-order valence-corrected chi connectivity index (χ1v) is 15.4. The summed E-state index contributed by atoms with van der Waals surface area (Å²) in [6, 6.07) is 4.31. The minimum absolute atomic E-state index is 0.0529. The van der Waals surface area contributed by atoms with Crippen LogP contribution >= 0.6 is 0 Å². The molecule has 13 heteroatoms. The molecular weight excluding hydrogens is 558 g/mol. The number of hydrogen-bond acceptors (Lipinski definition) is 7. The van der Waals surface area contributed by atoms with E-state index in [4.69, 9.17) is 4.55 Å². The zero-order chi connectivity index (χ0) is 30.9. The second-order valence-electron chi connectivity index (χ2n) is 10.1. The molecule has 42 heavy (non-hydrogen) atoms. The van der Waals surface area contributed by atoms with E-state index in [0.717, 1.165) is 54.7 Å². The summed E-state index contributed by atoms with van der Waals surface area (Å²) in [5.74, 6) is -0.758. The van der Waals surface area contributed by atoms with Gasteiger partial charge in [0.1, 0.15) is 11.7 Å². The van der Waals surface area contributed by atoms with Crippen LogP contribution in [0.25, 0.3) is 11.3 Å². The van der Waals surface area contributed by atoms with E-state index in [0.29, 0.717) is 11.4 Å². The van der Waals surface area contributed by atoms with Crippen LogP contribution in [0.15, 0.2) is 55.9 Å². The number of pyridine rings is 1. The molecule has 1 saturated carbocycles. The van der Waals surface area contributed by atoms with Crippen molar-refractivity contribution < 1.29 is 22.6 Å². The maximum atomic E-state index is 13.4. The molecular formula is C29H39N7O5S. The van der Waals surface area contributed by atoms with E-state index in [-0.39, 0.29) is 29.5 Å². The molecule has 0 aliphatic heterocycles. The third-order valence-electron chi connectivity index (χ3n) is 7.14. The van der Waals surface area contributed by atoms with Crippen LogP contribution in [0, 0.1) is 19.8 Å². The maximum Gasteiger partial charge on any atom is 0.270 e.